The Bertz CT molecular complexity index is 431. The van der Waals surface area contributed by atoms with Crippen molar-refractivity contribution in [1.29, 1.82) is 0 Å². The standard InChI is InChI=1S/C11H16N4O2/c1-7(16)14-4-5-15-10-6-8(12)2-3-9(10)11(13)17/h2-3,6,15H,4-5,12H2,1H3,(H2,13,17)(H,14,16). The number of hydrogen-bond donors (Lipinski definition) is 4. The quantitative estimate of drug-likeness (QED) is 0.423. The van der Waals surface area contributed by atoms with Crippen molar-refractivity contribution in [2.24, 2.45) is 5.73 Å². The summed E-state index contributed by atoms with van der Waals surface area (Å²) in [5.74, 6) is -0.624. The van der Waals surface area contributed by atoms with E-state index in [0.29, 0.717) is 30.0 Å². The maximum Gasteiger partial charge on any atom is 0.250 e. The van der Waals surface area contributed by atoms with Crippen LogP contribution >= 0.6 is 0 Å². The largest absolute Gasteiger partial charge is 0.399 e. The molecule has 0 fully saturated rings. The second-order valence-electron chi connectivity index (χ2n) is 3.58. The number of carbonyl (C=O) groups excluding carboxylic acids is 2. The van der Waals surface area contributed by atoms with E-state index >= 15 is 0 Å². The van der Waals surface area contributed by atoms with Crippen molar-refractivity contribution in [3.8, 4) is 0 Å². The summed E-state index contributed by atoms with van der Waals surface area (Å²) >= 11 is 0. The van der Waals surface area contributed by atoms with Crippen LogP contribution in [0, 0.1) is 0 Å². The summed E-state index contributed by atoms with van der Waals surface area (Å²) in [4.78, 5) is 21.8. The van der Waals surface area contributed by atoms with Gasteiger partial charge in [-0.25, -0.2) is 0 Å². The first-order chi connectivity index (χ1) is 8.00. The van der Waals surface area contributed by atoms with Crippen molar-refractivity contribution < 1.29 is 9.59 Å². The van der Waals surface area contributed by atoms with Gasteiger partial charge in [-0.15, -0.1) is 0 Å². The number of rotatable bonds is 5. The number of nitrogens with one attached hydrogen (secondary N) is 2. The van der Waals surface area contributed by atoms with Crippen molar-refractivity contribution in [2.45, 2.75) is 6.92 Å². The Hall–Kier alpha value is -2.24. The lowest BCUT2D eigenvalue weighted by Gasteiger charge is -2.11. The molecule has 1 aromatic rings. The Kier molecular flexibility index (Phi) is 4.33. The summed E-state index contributed by atoms with van der Waals surface area (Å²) in [5, 5.41) is 5.63. The molecule has 0 aromatic heterocycles. The predicted octanol–water partition coefficient (Wildman–Crippen LogP) is -0.0843. The topological polar surface area (TPSA) is 110 Å². The zero-order valence-electron chi connectivity index (χ0n) is 9.62. The molecule has 0 atom stereocenters. The Balaban J connectivity index is 2.65. The van der Waals surface area contributed by atoms with Crippen LogP contribution in [0.15, 0.2) is 18.2 Å². The van der Waals surface area contributed by atoms with Gasteiger partial charge in [0.25, 0.3) is 5.91 Å². The van der Waals surface area contributed by atoms with Crippen molar-refractivity contribution in [3.63, 3.8) is 0 Å². The molecule has 0 spiro atoms. The van der Waals surface area contributed by atoms with E-state index in [1.165, 1.54) is 6.92 Å². The molecule has 0 saturated carbocycles. The third kappa shape index (κ3) is 4.02. The van der Waals surface area contributed by atoms with Crippen LogP contribution in [0.2, 0.25) is 0 Å². The molecule has 0 bridgehead atoms. The van der Waals surface area contributed by atoms with Crippen molar-refractivity contribution in [2.75, 3.05) is 24.1 Å². The average Bonchev–Trinajstić information content (AvgIpc) is 2.23. The van der Waals surface area contributed by atoms with Crippen LogP contribution in [0.1, 0.15) is 17.3 Å². The van der Waals surface area contributed by atoms with E-state index in [0.717, 1.165) is 0 Å². The highest BCUT2D eigenvalue weighted by Gasteiger charge is 2.07. The van der Waals surface area contributed by atoms with Gasteiger partial charge < -0.3 is 22.1 Å². The SMILES string of the molecule is CC(=O)NCCNc1cc(N)ccc1C(N)=O. The van der Waals surface area contributed by atoms with Gasteiger partial charge in [0.2, 0.25) is 5.91 Å². The van der Waals surface area contributed by atoms with E-state index in [9.17, 15) is 9.59 Å². The molecular weight excluding hydrogens is 220 g/mol. The van der Waals surface area contributed by atoms with Crippen LogP contribution in [-0.4, -0.2) is 24.9 Å². The minimum absolute atomic E-state index is 0.102. The van der Waals surface area contributed by atoms with Crippen LogP contribution in [0.5, 0.6) is 0 Å². The Labute approximate surface area is 99.4 Å². The molecule has 0 aliphatic rings. The summed E-state index contributed by atoms with van der Waals surface area (Å²) in [6.07, 6.45) is 0. The highest BCUT2D eigenvalue weighted by atomic mass is 16.1. The van der Waals surface area contributed by atoms with E-state index in [1.54, 1.807) is 18.2 Å². The third-order valence-corrected chi connectivity index (χ3v) is 2.12. The molecule has 0 radical (unpaired) electrons. The van der Waals surface area contributed by atoms with E-state index in [1.807, 2.05) is 0 Å². The summed E-state index contributed by atoms with van der Waals surface area (Å²) < 4.78 is 0. The van der Waals surface area contributed by atoms with Crippen LogP contribution < -0.4 is 22.1 Å². The smallest absolute Gasteiger partial charge is 0.250 e. The first-order valence-electron chi connectivity index (χ1n) is 5.18. The molecule has 6 nitrogen and oxygen atoms in total. The fourth-order valence-electron chi connectivity index (χ4n) is 1.36. The molecule has 0 aliphatic heterocycles. The normalized spacial score (nSPS) is 9.71. The molecule has 92 valence electrons. The number of hydrogen-bond acceptors (Lipinski definition) is 4. The van der Waals surface area contributed by atoms with Crippen LogP contribution in [0.4, 0.5) is 11.4 Å². The van der Waals surface area contributed by atoms with Gasteiger partial charge in [-0.05, 0) is 18.2 Å². The highest BCUT2D eigenvalue weighted by molar-refractivity contribution is 5.99. The first-order valence-corrected chi connectivity index (χ1v) is 5.18. The van der Waals surface area contributed by atoms with Gasteiger partial charge in [0, 0.05) is 31.4 Å². The molecule has 0 saturated heterocycles. The zero-order valence-corrected chi connectivity index (χ0v) is 9.62. The second-order valence-corrected chi connectivity index (χ2v) is 3.58. The van der Waals surface area contributed by atoms with Gasteiger partial charge in [-0.1, -0.05) is 0 Å². The molecule has 6 heteroatoms. The van der Waals surface area contributed by atoms with Crippen molar-refractivity contribution in [1.82, 2.24) is 5.32 Å². The maximum absolute atomic E-state index is 11.1. The lowest BCUT2D eigenvalue weighted by atomic mass is 10.1. The summed E-state index contributed by atoms with van der Waals surface area (Å²) in [6, 6.07) is 4.81. The van der Waals surface area contributed by atoms with Crippen LogP contribution in [-0.2, 0) is 4.79 Å². The molecule has 2 amide bonds. The van der Waals surface area contributed by atoms with E-state index in [-0.39, 0.29) is 5.91 Å². The van der Waals surface area contributed by atoms with Gasteiger partial charge in [0.05, 0.1) is 5.56 Å². The zero-order chi connectivity index (χ0) is 12.8. The molecule has 0 heterocycles. The molecule has 1 rings (SSSR count). The van der Waals surface area contributed by atoms with E-state index in [4.69, 9.17) is 11.5 Å². The number of primary amides is 1. The number of nitrogens with two attached hydrogens (primary N) is 2. The van der Waals surface area contributed by atoms with Gasteiger partial charge in [0.1, 0.15) is 0 Å². The van der Waals surface area contributed by atoms with Crippen LogP contribution in [0.3, 0.4) is 0 Å². The number of nitrogen functional groups attached to an aromatic ring is 1. The molecule has 0 unspecified atom stereocenters. The number of anilines is 2. The Morgan fingerprint density at radius 3 is 2.59 bits per heavy atom. The van der Waals surface area contributed by atoms with Crippen molar-refractivity contribution >= 4 is 23.2 Å². The van der Waals surface area contributed by atoms with Gasteiger partial charge in [-0.2, -0.15) is 0 Å². The minimum atomic E-state index is -0.521. The maximum atomic E-state index is 11.1. The summed E-state index contributed by atoms with van der Waals surface area (Å²) in [6.45, 7) is 2.39. The van der Waals surface area contributed by atoms with Gasteiger partial charge >= 0.3 is 0 Å². The number of amides is 2. The predicted molar refractivity (Wildman–Crippen MR) is 66.5 cm³/mol. The Morgan fingerprint density at radius 1 is 1.29 bits per heavy atom. The van der Waals surface area contributed by atoms with Gasteiger partial charge in [0.15, 0.2) is 0 Å². The number of benzene rings is 1. The van der Waals surface area contributed by atoms with Crippen molar-refractivity contribution in [3.05, 3.63) is 23.8 Å². The molecule has 6 N–H and O–H groups in total. The lowest BCUT2D eigenvalue weighted by molar-refractivity contribution is -0.118. The van der Waals surface area contributed by atoms with Gasteiger partial charge in [-0.3, -0.25) is 9.59 Å². The fraction of sp³-hybridized carbons (Fsp3) is 0.273. The van der Waals surface area contributed by atoms with E-state index < -0.39 is 5.91 Å². The highest BCUT2D eigenvalue weighted by Crippen LogP contribution is 2.18. The summed E-state index contributed by atoms with van der Waals surface area (Å²) in [5.41, 5.74) is 12.3. The molecule has 0 aliphatic carbocycles. The van der Waals surface area contributed by atoms with E-state index in [2.05, 4.69) is 10.6 Å². The monoisotopic (exact) mass is 236 g/mol. The fourth-order valence-corrected chi connectivity index (χ4v) is 1.36. The third-order valence-electron chi connectivity index (χ3n) is 2.12. The molecular formula is C11H16N4O2. The second kappa shape index (κ2) is 5.74. The average molecular weight is 236 g/mol. The molecule has 17 heavy (non-hydrogen) atoms. The molecule has 1 aromatic carbocycles. The van der Waals surface area contributed by atoms with Crippen LogP contribution in [0.25, 0.3) is 0 Å². The lowest BCUT2D eigenvalue weighted by Crippen LogP contribution is -2.27. The first kappa shape index (κ1) is 12.8. The number of carbonyl (C=O) groups is 2. The minimum Gasteiger partial charge on any atom is -0.399 e. The Morgan fingerprint density at radius 2 is 2.00 bits per heavy atom. The summed E-state index contributed by atoms with van der Waals surface area (Å²) in [7, 11) is 0.